The molecule has 140 valence electrons. The Kier molecular flexibility index (Phi) is 5.71. The van der Waals surface area contributed by atoms with E-state index < -0.39 is 6.04 Å². The molecule has 0 spiro atoms. The highest BCUT2D eigenvalue weighted by atomic mass is 16.2. The lowest BCUT2D eigenvalue weighted by Crippen LogP contribution is -2.42. The molecule has 0 radical (unpaired) electrons. The average molecular weight is 355 g/mol. The Morgan fingerprint density at radius 2 is 1.92 bits per heavy atom. The summed E-state index contributed by atoms with van der Waals surface area (Å²) in [5, 5.41) is 7.32. The van der Waals surface area contributed by atoms with Gasteiger partial charge in [0, 0.05) is 30.1 Å². The summed E-state index contributed by atoms with van der Waals surface area (Å²) in [6.45, 7) is 4.03. The smallest absolute Gasteiger partial charge is 0.242 e. The monoisotopic (exact) mass is 355 g/mol. The lowest BCUT2D eigenvalue weighted by atomic mass is 9.92. The number of nitrogens with two attached hydrogens (primary N) is 1. The van der Waals surface area contributed by atoms with Crippen LogP contribution in [0.1, 0.15) is 49.9 Å². The van der Waals surface area contributed by atoms with Crippen molar-refractivity contribution in [1.29, 1.82) is 0 Å². The van der Waals surface area contributed by atoms with Crippen LogP contribution in [0.15, 0.2) is 18.3 Å². The molecular formula is C20H29N5O. The molecule has 1 atom stereocenters. The van der Waals surface area contributed by atoms with Crippen molar-refractivity contribution in [2.75, 3.05) is 5.32 Å². The van der Waals surface area contributed by atoms with Crippen molar-refractivity contribution in [2.24, 2.45) is 18.7 Å². The Bertz CT molecular complexity index is 757. The summed E-state index contributed by atoms with van der Waals surface area (Å²) < 4.78 is 1.87. The summed E-state index contributed by atoms with van der Waals surface area (Å²) >= 11 is 0. The van der Waals surface area contributed by atoms with Gasteiger partial charge in [-0.3, -0.25) is 9.48 Å². The number of pyridine rings is 1. The van der Waals surface area contributed by atoms with Crippen LogP contribution in [0.25, 0.3) is 11.1 Å². The summed E-state index contributed by atoms with van der Waals surface area (Å²) in [7, 11) is 1.93. The van der Waals surface area contributed by atoms with E-state index in [1.165, 1.54) is 25.7 Å². The Morgan fingerprint density at radius 3 is 2.46 bits per heavy atom. The van der Waals surface area contributed by atoms with Gasteiger partial charge in [0.15, 0.2) is 0 Å². The molecule has 6 nitrogen and oxygen atoms in total. The Morgan fingerprint density at radius 1 is 1.23 bits per heavy atom. The molecule has 0 aliphatic heterocycles. The molecule has 0 unspecified atom stereocenters. The fourth-order valence-electron chi connectivity index (χ4n) is 3.90. The molecule has 2 heterocycles. The maximum atomic E-state index is 12.5. The molecule has 1 aliphatic carbocycles. The number of amides is 1. The second kappa shape index (κ2) is 7.99. The van der Waals surface area contributed by atoms with Crippen molar-refractivity contribution in [1.82, 2.24) is 14.8 Å². The zero-order valence-corrected chi connectivity index (χ0v) is 16.0. The number of hydrogen-bond acceptors (Lipinski definition) is 4. The SMILES string of the molecule is Cc1nn(C)c(C)c1-c1ccc(NC(=O)[C@@H](N)C2CCCCCC2)nc1. The molecule has 6 heteroatoms. The summed E-state index contributed by atoms with van der Waals surface area (Å²) in [6.07, 6.45) is 8.71. The van der Waals surface area contributed by atoms with E-state index in [-0.39, 0.29) is 11.8 Å². The molecule has 0 bridgehead atoms. The Labute approximate surface area is 155 Å². The fraction of sp³-hybridized carbons (Fsp3) is 0.550. The van der Waals surface area contributed by atoms with E-state index in [4.69, 9.17) is 5.73 Å². The number of nitrogens with zero attached hydrogens (tertiary/aromatic N) is 3. The molecule has 1 amide bonds. The summed E-state index contributed by atoms with van der Waals surface area (Å²) in [4.78, 5) is 16.9. The largest absolute Gasteiger partial charge is 0.320 e. The zero-order valence-electron chi connectivity index (χ0n) is 16.0. The van der Waals surface area contributed by atoms with Crippen molar-refractivity contribution in [3.05, 3.63) is 29.7 Å². The predicted octanol–water partition coefficient (Wildman–Crippen LogP) is 3.34. The highest BCUT2D eigenvalue weighted by Gasteiger charge is 2.25. The van der Waals surface area contributed by atoms with Gasteiger partial charge in [0.05, 0.1) is 11.7 Å². The molecule has 1 fully saturated rings. The van der Waals surface area contributed by atoms with Gasteiger partial charge >= 0.3 is 0 Å². The summed E-state index contributed by atoms with van der Waals surface area (Å²) in [6, 6.07) is 3.34. The van der Waals surface area contributed by atoms with Gasteiger partial charge in [0.25, 0.3) is 0 Å². The first-order chi connectivity index (χ1) is 12.5. The van der Waals surface area contributed by atoms with Crippen LogP contribution in [0, 0.1) is 19.8 Å². The van der Waals surface area contributed by atoms with E-state index in [0.717, 1.165) is 35.4 Å². The number of hydrogen-bond donors (Lipinski definition) is 2. The zero-order chi connectivity index (χ0) is 18.7. The van der Waals surface area contributed by atoms with Gasteiger partial charge in [-0.15, -0.1) is 0 Å². The second-order valence-electron chi connectivity index (χ2n) is 7.37. The van der Waals surface area contributed by atoms with E-state index in [9.17, 15) is 4.79 Å². The average Bonchev–Trinajstić information content (AvgIpc) is 2.83. The molecule has 3 N–H and O–H groups in total. The van der Waals surface area contributed by atoms with Crippen LogP contribution in [0.5, 0.6) is 0 Å². The molecule has 2 aromatic heterocycles. The topological polar surface area (TPSA) is 85.8 Å². The van der Waals surface area contributed by atoms with Crippen molar-refractivity contribution >= 4 is 11.7 Å². The van der Waals surface area contributed by atoms with Crippen LogP contribution in [-0.4, -0.2) is 26.7 Å². The first-order valence-corrected chi connectivity index (χ1v) is 9.50. The highest BCUT2D eigenvalue weighted by molar-refractivity contribution is 5.94. The van der Waals surface area contributed by atoms with E-state index in [0.29, 0.717) is 5.82 Å². The predicted molar refractivity (Wildman–Crippen MR) is 104 cm³/mol. The van der Waals surface area contributed by atoms with E-state index >= 15 is 0 Å². The molecular weight excluding hydrogens is 326 g/mol. The third-order valence-corrected chi connectivity index (χ3v) is 5.52. The number of nitrogens with one attached hydrogen (secondary N) is 1. The number of aromatic nitrogens is 3. The van der Waals surface area contributed by atoms with Crippen molar-refractivity contribution in [3.8, 4) is 11.1 Å². The minimum atomic E-state index is -0.461. The van der Waals surface area contributed by atoms with Gasteiger partial charge in [-0.25, -0.2) is 4.98 Å². The molecule has 1 saturated carbocycles. The standard InChI is InChI=1S/C20H29N5O/c1-13-18(14(2)25(3)24-13)16-10-11-17(22-12-16)23-20(26)19(21)15-8-6-4-5-7-9-15/h10-12,15,19H,4-9,21H2,1-3H3,(H,22,23,26)/t19-/m0/s1. The quantitative estimate of drug-likeness (QED) is 0.824. The van der Waals surface area contributed by atoms with Gasteiger partial charge in [-0.05, 0) is 44.7 Å². The molecule has 3 rings (SSSR count). The maximum absolute atomic E-state index is 12.5. The summed E-state index contributed by atoms with van der Waals surface area (Å²) in [5.41, 5.74) is 10.4. The third kappa shape index (κ3) is 3.96. The first kappa shape index (κ1) is 18.6. The van der Waals surface area contributed by atoms with Crippen molar-refractivity contribution in [3.63, 3.8) is 0 Å². The lowest BCUT2D eigenvalue weighted by molar-refractivity contribution is -0.118. The number of carbonyl (C=O) groups excluding carboxylic acids is 1. The minimum absolute atomic E-state index is 0.133. The van der Waals surface area contributed by atoms with E-state index in [1.54, 1.807) is 6.20 Å². The fourth-order valence-corrected chi connectivity index (χ4v) is 3.90. The van der Waals surface area contributed by atoms with Crippen LogP contribution in [0.4, 0.5) is 5.82 Å². The Hall–Kier alpha value is -2.21. The van der Waals surface area contributed by atoms with Crippen LogP contribution >= 0.6 is 0 Å². The maximum Gasteiger partial charge on any atom is 0.242 e. The molecule has 1 aliphatic rings. The lowest BCUT2D eigenvalue weighted by Gasteiger charge is -2.21. The van der Waals surface area contributed by atoms with Gasteiger partial charge in [0.2, 0.25) is 5.91 Å². The van der Waals surface area contributed by atoms with Crippen LogP contribution in [0.3, 0.4) is 0 Å². The van der Waals surface area contributed by atoms with Crippen LogP contribution in [0.2, 0.25) is 0 Å². The van der Waals surface area contributed by atoms with Gasteiger partial charge in [-0.2, -0.15) is 5.10 Å². The number of anilines is 1. The highest BCUT2D eigenvalue weighted by Crippen LogP contribution is 2.27. The molecule has 26 heavy (non-hydrogen) atoms. The van der Waals surface area contributed by atoms with E-state index in [1.807, 2.05) is 37.7 Å². The number of rotatable bonds is 4. The van der Waals surface area contributed by atoms with Crippen molar-refractivity contribution < 1.29 is 4.79 Å². The van der Waals surface area contributed by atoms with E-state index in [2.05, 4.69) is 15.4 Å². The van der Waals surface area contributed by atoms with Gasteiger partial charge in [0.1, 0.15) is 5.82 Å². The van der Waals surface area contributed by atoms with Crippen molar-refractivity contribution in [2.45, 2.75) is 58.4 Å². The number of carbonyl (C=O) groups is 1. The number of aryl methyl sites for hydroxylation is 2. The molecule has 2 aromatic rings. The Balaban J connectivity index is 1.68. The minimum Gasteiger partial charge on any atom is -0.320 e. The summed E-state index contributed by atoms with van der Waals surface area (Å²) in [5.74, 6) is 0.686. The second-order valence-corrected chi connectivity index (χ2v) is 7.37. The van der Waals surface area contributed by atoms with Gasteiger partial charge < -0.3 is 11.1 Å². The van der Waals surface area contributed by atoms with Gasteiger partial charge in [-0.1, -0.05) is 25.7 Å². The van der Waals surface area contributed by atoms with Crippen LogP contribution < -0.4 is 11.1 Å². The van der Waals surface area contributed by atoms with Crippen LogP contribution in [-0.2, 0) is 11.8 Å². The molecule has 0 saturated heterocycles. The third-order valence-electron chi connectivity index (χ3n) is 5.52. The first-order valence-electron chi connectivity index (χ1n) is 9.50. The normalized spacial score (nSPS) is 16.9. The molecule has 0 aromatic carbocycles.